The molecule has 1 heterocycles. The molecule has 0 aliphatic heterocycles. The largest absolute Gasteiger partial charge is 0.496 e. The standard InChI is InChI=1S/C25H22N2O4/c1-27-19(15-20(28)23-21(30-2)12-13-22(31-3)24(23)27)25(29)26-18-11-7-10-17(14-18)16-8-5-4-6-9-16/h4-15H,1-3H3,(H,26,29). The van der Waals surface area contributed by atoms with Crippen molar-refractivity contribution < 1.29 is 14.3 Å². The Morgan fingerprint density at radius 2 is 1.52 bits per heavy atom. The lowest BCUT2D eigenvalue weighted by Crippen LogP contribution is -2.22. The number of aromatic nitrogens is 1. The van der Waals surface area contributed by atoms with Gasteiger partial charge in [-0.05, 0) is 35.4 Å². The number of fused-ring (bicyclic) bond motifs is 1. The van der Waals surface area contributed by atoms with Crippen LogP contribution in [0.25, 0.3) is 22.0 Å². The zero-order valence-corrected chi connectivity index (χ0v) is 17.5. The van der Waals surface area contributed by atoms with Gasteiger partial charge in [-0.25, -0.2) is 0 Å². The molecule has 0 saturated heterocycles. The van der Waals surface area contributed by atoms with Crippen LogP contribution in [-0.4, -0.2) is 24.7 Å². The van der Waals surface area contributed by atoms with Crippen molar-refractivity contribution in [1.82, 2.24) is 4.57 Å². The number of nitrogens with zero attached hydrogens (tertiary/aromatic N) is 1. The highest BCUT2D eigenvalue weighted by Crippen LogP contribution is 2.31. The molecule has 0 bridgehead atoms. The fourth-order valence-corrected chi connectivity index (χ4v) is 3.69. The Hall–Kier alpha value is -4.06. The number of carbonyl (C=O) groups is 1. The summed E-state index contributed by atoms with van der Waals surface area (Å²) in [6, 6.07) is 22.2. The Bertz CT molecular complexity index is 1330. The summed E-state index contributed by atoms with van der Waals surface area (Å²) >= 11 is 0. The van der Waals surface area contributed by atoms with Crippen LogP contribution in [-0.2, 0) is 7.05 Å². The van der Waals surface area contributed by atoms with Gasteiger partial charge in [-0.2, -0.15) is 0 Å². The van der Waals surface area contributed by atoms with E-state index in [0.717, 1.165) is 11.1 Å². The molecule has 1 amide bonds. The minimum absolute atomic E-state index is 0.217. The van der Waals surface area contributed by atoms with E-state index in [1.165, 1.54) is 20.3 Å². The molecule has 4 aromatic rings. The molecule has 0 fully saturated rings. The molecule has 1 N–H and O–H groups in total. The number of hydrogen-bond acceptors (Lipinski definition) is 4. The van der Waals surface area contributed by atoms with Crippen LogP contribution in [0.5, 0.6) is 11.5 Å². The van der Waals surface area contributed by atoms with Crippen LogP contribution >= 0.6 is 0 Å². The number of amides is 1. The maximum atomic E-state index is 13.1. The van der Waals surface area contributed by atoms with E-state index in [9.17, 15) is 9.59 Å². The molecule has 0 radical (unpaired) electrons. The number of anilines is 1. The molecule has 1 aromatic heterocycles. The third kappa shape index (κ3) is 3.75. The second-order valence-corrected chi connectivity index (χ2v) is 7.05. The van der Waals surface area contributed by atoms with Crippen molar-refractivity contribution >= 4 is 22.5 Å². The maximum absolute atomic E-state index is 13.1. The molecule has 3 aromatic carbocycles. The highest BCUT2D eigenvalue weighted by Gasteiger charge is 2.19. The van der Waals surface area contributed by atoms with Gasteiger partial charge in [-0.15, -0.1) is 0 Å². The smallest absolute Gasteiger partial charge is 0.272 e. The van der Waals surface area contributed by atoms with E-state index in [0.29, 0.717) is 28.1 Å². The van der Waals surface area contributed by atoms with Gasteiger partial charge in [0.25, 0.3) is 5.91 Å². The maximum Gasteiger partial charge on any atom is 0.272 e. The first-order chi connectivity index (χ1) is 15.0. The Balaban J connectivity index is 1.76. The minimum Gasteiger partial charge on any atom is -0.496 e. The van der Waals surface area contributed by atoms with Crippen molar-refractivity contribution in [2.45, 2.75) is 0 Å². The van der Waals surface area contributed by atoms with Gasteiger partial charge in [-0.3, -0.25) is 9.59 Å². The number of pyridine rings is 1. The minimum atomic E-state index is -0.392. The average molecular weight is 414 g/mol. The predicted octanol–water partition coefficient (Wildman–Crippen LogP) is 4.48. The van der Waals surface area contributed by atoms with Crippen molar-refractivity contribution in [3.8, 4) is 22.6 Å². The SMILES string of the molecule is COc1ccc(OC)c2c1c(=O)cc(C(=O)Nc1cccc(-c3ccccc3)c1)n2C. The lowest BCUT2D eigenvalue weighted by Gasteiger charge is -2.16. The molecule has 156 valence electrons. The molecular formula is C25H22N2O4. The third-order valence-corrected chi connectivity index (χ3v) is 5.21. The van der Waals surface area contributed by atoms with Crippen LogP contribution in [0.1, 0.15) is 10.5 Å². The van der Waals surface area contributed by atoms with Gasteiger partial charge in [-0.1, -0.05) is 42.5 Å². The number of nitrogens with one attached hydrogen (secondary N) is 1. The first-order valence-corrected chi connectivity index (χ1v) is 9.75. The Kier molecular flexibility index (Phi) is 5.45. The first-order valence-electron chi connectivity index (χ1n) is 9.75. The van der Waals surface area contributed by atoms with Crippen LogP contribution in [0.2, 0.25) is 0 Å². The number of benzene rings is 3. The first kappa shape index (κ1) is 20.2. The van der Waals surface area contributed by atoms with Gasteiger partial charge in [0.2, 0.25) is 0 Å². The number of ether oxygens (including phenoxy) is 2. The van der Waals surface area contributed by atoms with Gasteiger partial charge in [0.1, 0.15) is 17.2 Å². The van der Waals surface area contributed by atoms with Crippen LogP contribution in [0, 0.1) is 0 Å². The van der Waals surface area contributed by atoms with Crippen molar-refractivity contribution in [2.24, 2.45) is 7.05 Å². The van der Waals surface area contributed by atoms with E-state index in [1.54, 1.807) is 23.7 Å². The van der Waals surface area contributed by atoms with Crippen LogP contribution < -0.4 is 20.2 Å². The highest BCUT2D eigenvalue weighted by molar-refractivity contribution is 6.05. The van der Waals surface area contributed by atoms with Crippen molar-refractivity contribution in [3.05, 3.63) is 88.7 Å². The molecule has 31 heavy (non-hydrogen) atoms. The molecule has 0 spiro atoms. The molecule has 0 unspecified atom stereocenters. The van der Waals surface area contributed by atoms with Crippen molar-refractivity contribution in [2.75, 3.05) is 19.5 Å². The number of methoxy groups -OCH3 is 2. The van der Waals surface area contributed by atoms with Crippen molar-refractivity contribution in [3.63, 3.8) is 0 Å². The number of rotatable bonds is 5. The fraction of sp³-hybridized carbons (Fsp3) is 0.120. The van der Waals surface area contributed by atoms with E-state index in [-0.39, 0.29) is 11.1 Å². The van der Waals surface area contributed by atoms with E-state index in [4.69, 9.17) is 9.47 Å². The number of carbonyl (C=O) groups excluding carboxylic acids is 1. The summed E-state index contributed by atoms with van der Waals surface area (Å²) in [5.74, 6) is 0.520. The number of hydrogen-bond donors (Lipinski definition) is 1. The van der Waals surface area contributed by atoms with E-state index < -0.39 is 5.91 Å². The topological polar surface area (TPSA) is 69.6 Å². The van der Waals surface area contributed by atoms with E-state index in [1.807, 2.05) is 54.6 Å². The third-order valence-electron chi connectivity index (χ3n) is 5.21. The summed E-state index contributed by atoms with van der Waals surface area (Å²) in [4.78, 5) is 26.0. The zero-order chi connectivity index (χ0) is 22.0. The fourth-order valence-electron chi connectivity index (χ4n) is 3.69. The average Bonchev–Trinajstić information content (AvgIpc) is 2.81. The lowest BCUT2D eigenvalue weighted by atomic mass is 10.1. The summed E-state index contributed by atoms with van der Waals surface area (Å²) in [5, 5.41) is 3.26. The van der Waals surface area contributed by atoms with Gasteiger partial charge in [0, 0.05) is 18.8 Å². The van der Waals surface area contributed by atoms with Crippen LogP contribution in [0.3, 0.4) is 0 Å². The summed E-state index contributed by atoms with van der Waals surface area (Å²) in [6.07, 6.45) is 0. The molecule has 0 aliphatic carbocycles. The number of aryl methyl sites for hydroxylation is 1. The van der Waals surface area contributed by atoms with Crippen LogP contribution in [0.15, 0.2) is 77.6 Å². The lowest BCUT2D eigenvalue weighted by molar-refractivity contribution is 0.101. The normalized spacial score (nSPS) is 10.7. The summed E-state index contributed by atoms with van der Waals surface area (Å²) in [6.45, 7) is 0. The molecule has 6 nitrogen and oxygen atoms in total. The Morgan fingerprint density at radius 3 is 2.23 bits per heavy atom. The van der Waals surface area contributed by atoms with Gasteiger partial charge in [0.05, 0.1) is 25.1 Å². The second kappa shape index (κ2) is 8.36. The van der Waals surface area contributed by atoms with E-state index in [2.05, 4.69) is 5.32 Å². The molecule has 6 heteroatoms. The zero-order valence-electron chi connectivity index (χ0n) is 17.5. The molecule has 4 rings (SSSR count). The second-order valence-electron chi connectivity index (χ2n) is 7.05. The molecule has 0 saturated carbocycles. The predicted molar refractivity (Wildman–Crippen MR) is 122 cm³/mol. The Morgan fingerprint density at radius 1 is 0.839 bits per heavy atom. The summed E-state index contributed by atoms with van der Waals surface area (Å²) in [5.41, 5.74) is 3.07. The summed E-state index contributed by atoms with van der Waals surface area (Å²) < 4.78 is 12.4. The quantitative estimate of drug-likeness (QED) is 0.523. The summed E-state index contributed by atoms with van der Waals surface area (Å²) in [7, 11) is 4.74. The molecular weight excluding hydrogens is 392 g/mol. The van der Waals surface area contributed by atoms with Gasteiger partial charge in [0.15, 0.2) is 5.43 Å². The highest BCUT2D eigenvalue weighted by atomic mass is 16.5. The monoisotopic (exact) mass is 414 g/mol. The molecule has 0 atom stereocenters. The van der Waals surface area contributed by atoms with Crippen LogP contribution in [0.4, 0.5) is 5.69 Å². The van der Waals surface area contributed by atoms with Gasteiger partial charge >= 0.3 is 0 Å². The molecule has 0 aliphatic rings. The van der Waals surface area contributed by atoms with Crippen molar-refractivity contribution in [1.29, 1.82) is 0 Å². The van der Waals surface area contributed by atoms with E-state index >= 15 is 0 Å². The Labute approximate surface area is 179 Å². The van der Waals surface area contributed by atoms with Gasteiger partial charge < -0.3 is 19.4 Å².